The van der Waals surface area contributed by atoms with Crippen LogP contribution < -0.4 is 9.88 Å². The van der Waals surface area contributed by atoms with E-state index in [1.807, 2.05) is 17.6 Å². The van der Waals surface area contributed by atoms with E-state index in [1.165, 1.54) is 11.1 Å². The number of carbonyl (C=O) groups excluding carboxylic acids is 1. The van der Waals surface area contributed by atoms with E-state index in [1.54, 1.807) is 0 Å². The molecule has 0 unspecified atom stereocenters. The molecule has 1 N–H and O–H groups in total. The molecule has 23 heavy (non-hydrogen) atoms. The molecule has 0 bridgehead atoms. The van der Waals surface area contributed by atoms with Crippen LogP contribution in [0.4, 0.5) is 0 Å². The molecule has 1 heterocycles. The zero-order valence-corrected chi connectivity index (χ0v) is 14.4. The first kappa shape index (κ1) is 17.2. The summed E-state index contributed by atoms with van der Waals surface area (Å²) in [5.74, 6) is 0.0758. The molecule has 0 spiro atoms. The van der Waals surface area contributed by atoms with Gasteiger partial charge in [-0.05, 0) is 37.8 Å². The molecule has 0 fully saturated rings. The molecule has 1 aromatic carbocycles. The molecule has 122 valence electrons. The molecule has 0 aliphatic heterocycles. The highest BCUT2D eigenvalue weighted by atomic mass is 16.2. The number of benzene rings is 1. The second-order valence-corrected chi connectivity index (χ2v) is 6.15. The number of carbonyl (C=O) groups is 1. The molecule has 0 aliphatic rings. The van der Waals surface area contributed by atoms with Gasteiger partial charge < -0.3 is 5.32 Å². The molecule has 2 aromatic rings. The third-order valence-electron chi connectivity index (χ3n) is 4.15. The van der Waals surface area contributed by atoms with E-state index in [2.05, 4.69) is 61.8 Å². The molecule has 0 radical (unpaired) electrons. The predicted molar refractivity (Wildman–Crippen MR) is 93.1 cm³/mol. The first-order valence-corrected chi connectivity index (χ1v) is 8.40. The normalized spacial score (nSPS) is 12.0. The Kier molecular flexibility index (Phi) is 6.33. The summed E-state index contributed by atoms with van der Waals surface area (Å²) in [5, 5.41) is 3.10. The largest absolute Gasteiger partial charge is 0.348 e. The van der Waals surface area contributed by atoms with E-state index >= 15 is 0 Å². The maximum Gasteiger partial charge on any atom is 0.286 e. The van der Waals surface area contributed by atoms with Crippen LogP contribution in [-0.4, -0.2) is 11.9 Å². The number of aromatic nitrogens is 1. The first-order chi connectivity index (χ1) is 11.1. The van der Waals surface area contributed by atoms with Crippen molar-refractivity contribution in [2.45, 2.75) is 52.6 Å². The van der Waals surface area contributed by atoms with Gasteiger partial charge in [0.05, 0.1) is 0 Å². The fraction of sp³-hybridized carbons (Fsp3) is 0.400. The highest BCUT2D eigenvalue weighted by Crippen LogP contribution is 2.05. The summed E-state index contributed by atoms with van der Waals surface area (Å²) in [6.45, 7) is 6.61. The fourth-order valence-corrected chi connectivity index (χ4v) is 2.62. The van der Waals surface area contributed by atoms with E-state index in [0.29, 0.717) is 6.54 Å². The SMILES string of the molecule is CCc1ccc(C)[n+](CC(=O)N[C@@H](C)CCc2ccccc2)c1. The second kappa shape index (κ2) is 8.47. The molecule has 3 nitrogen and oxygen atoms in total. The van der Waals surface area contributed by atoms with Crippen LogP contribution in [-0.2, 0) is 24.2 Å². The average Bonchev–Trinajstić information content (AvgIpc) is 2.56. The Morgan fingerprint density at radius 3 is 2.57 bits per heavy atom. The van der Waals surface area contributed by atoms with Crippen molar-refractivity contribution in [2.75, 3.05) is 0 Å². The van der Waals surface area contributed by atoms with Gasteiger partial charge in [0.25, 0.3) is 5.91 Å². The van der Waals surface area contributed by atoms with E-state index in [-0.39, 0.29) is 11.9 Å². The van der Waals surface area contributed by atoms with Crippen LogP contribution in [0.1, 0.15) is 37.1 Å². The third kappa shape index (κ3) is 5.51. The summed E-state index contributed by atoms with van der Waals surface area (Å²) in [4.78, 5) is 12.3. The minimum atomic E-state index is 0.0758. The highest BCUT2D eigenvalue weighted by Gasteiger charge is 2.15. The summed E-state index contributed by atoms with van der Waals surface area (Å²) in [6.07, 6.45) is 4.99. The van der Waals surface area contributed by atoms with Gasteiger partial charge in [-0.15, -0.1) is 0 Å². The Balaban J connectivity index is 1.84. The quantitative estimate of drug-likeness (QED) is 0.784. The monoisotopic (exact) mass is 311 g/mol. The second-order valence-electron chi connectivity index (χ2n) is 6.15. The lowest BCUT2D eigenvalue weighted by Gasteiger charge is -2.13. The van der Waals surface area contributed by atoms with Gasteiger partial charge in [-0.1, -0.05) is 37.3 Å². The van der Waals surface area contributed by atoms with Crippen molar-refractivity contribution in [3.05, 3.63) is 65.5 Å². The smallest absolute Gasteiger partial charge is 0.286 e. The van der Waals surface area contributed by atoms with Gasteiger partial charge in [0, 0.05) is 24.6 Å². The molecular weight excluding hydrogens is 284 g/mol. The maximum atomic E-state index is 12.3. The summed E-state index contributed by atoms with van der Waals surface area (Å²) in [5.41, 5.74) is 3.67. The minimum Gasteiger partial charge on any atom is -0.348 e. The molecule has 0 aliphatic carbocycles. The van der Waals surface area contributed by atoms with Gasteiger partial charge >= 0.3 is 0 Å². The van der Waals surface area contributed by atoms with Gasteiger partial charge in [-0.3, -0.25) is 4.79 Å². The lowest BCUT2D eigenvalue weighted by molar-refractivity contribution is -0.690. The molecule has 1 amide bonds. The topological polar surface area (TPSA) is 33.0 Å². The standard InChI is InChI=1S/C20H26N2O/c1-4-18-13-11-17(3)22(14-18)15-20(23)21-16(2)10-12-19-8-6-5-7-9-19/h5-9,11,13-14,16H,4,10,12,15H2,1-3H3/p+1/t16-/m0/s1. The van der Waals surface area contributed by atoms with Gasteiger partial charge in [0.2, 0.25) is 6.54 Å². The van der Waals surface area contributed by atoms with Crippen LogP contribution in [0.25, 0.3) is 0 Å². The summed E-state index contributed by atoms with van der Waals surface area (Å²) in [6, 6.07) is 14.8. The third-order valence-corrected chi connectivity index (χ3v) is 4.15. The number of aryl methyl sites for hydroxylation is 3. The van der Waals surface area contributed by atoms with E-state index in [4.69, 9.17) is 0 Å². The van der Waals surface area contributed by atoms with Crippen molar-refractivity contribution in [3.63, 3.8) is 0 Å². The highest BCUT2D eigenvalue weighted by molar-refractivity contribution is 5.74. The van der Waals surface area contributed by atoms with E-state index < -0.39 is 0 Å². The van der Waals surface area contributed by atoms with Crippen LogP contribution in [0.2, 0.25) is 0 Å². The number of rotatable bonds is 7. The Hall–Kier alpha value is -2.16. The van der Waals surface area contributed by atoms with E-state index in [9.17, 15) is 4.79 Å². The van der Waals surface area contributed by atoms with Crippen molar-refractivity contribution >= 4 is 5.91 Å². The number of nitrogens with one attached hydrogen (secondary N) is 1. The molecule has 2 rings (SSSR count). The first-order valence-electron chi connectivity index (χ1n) is 8.40. The number of hydrogen-bond donors (Lipinski definition) is 1. The Bertz CT molecular complexity index is 637. The lowest BCUT2D eigenvalue weighted by atomic mass is 10.1. The minimum absolute atomic E-state index is 0.0758. The maximum absolute atomic E-state index is 12.3. The molecule has 0 saturated carbocycles. The summed E-state index contributed by atoms with van der Waals surface area (Å²) in [7, 11) is 0. The molecule has 0 saturated heterocycles. The van der Waals surface area contributed by atoms with Gasteiger partial charge in [0.15, 0.2) is 11.9 Å². The van der Waals surface area contributed by atoms with Crippen molar-refractivity contribution in [2.24, 2.45) is 0 Å². The number of hydrogen-bond acceptors (Lipinski definition) is 1. The number of amides is 1. The van der Waals surface area contributed by atoms with Crippen LogP contribution >= 0.6 is 0 Å². The molecular formula is C20H27N2O+. The summed E-state index contributed by atoms with van der Waals surface area (Å²) >= 11 is 0. The Morgan fingerprint density at radius 1 is 1.13 bits per heavy atom. The predicted octanol–water partition coefficient (Wildman–Crippen LogP) is 2.98. The van der Waals surface area contributed by atoms with E-state index in [0.717, 1.165) is 25.0 Å². The number of nitrogens with zero attached hydrogens (tertiary/aromatic N) is 1. The van der Waals surface area contributed by atoms with Crippen molar-refractivity contribution in [3.8, 4) is 0 Å². The van der Waals surface area contributed by atoms with Crippen molar-refractivity contribution in [1.29, 1.82) is 0 Å². The zero-order chi connectivity index (χ0) is 16.7. The molecule has 1 aromatic heterocycles. The van der Waals surface area contributed by atoms with Crippen LogP contribution in [0.5, 0.6) is 0 Å². The zero-order valence-electron chi connectivity index (χ0n) is 14.4. The van der Waals surface area contributed by atoms with Gasteiger partial charge in [0.1, 0.15) is 0 Å². The Morgan fingerprint density at radius 2 is 1.87 bits per heavy atom. The van der Waals surface area contributed by atoms with Gasteiger partial charge in [-0.2, -0.15) is 4.57 Å². The fourth-order valence-electron chi connectivity index (χ4n) is 2.62. The van der Waals surface area contributed by atoms with Crippen LogP contribution in [0.15, 0.2) is 48.7 Å². The van der Waals surface area contributed by atoms with Crippen molar-refractivity contribution in [1.82, 2.24) is 5.32 Å². The van der Waals surface area contributed by atoms with Crippen LogP contribution in [0, 0.1) is 6.92 Å². The average molecular weight is 311 g/mol. The summed E-state index contributed by atoms with van der Waals surface area (Å²) < 4.78 is 2.03. The van der Waals surface area contributed by atoms with Crippen molar-refractivity contribution < 1.29 is 9.36 Å². The van der Waals surface area contributed by atoms with Gasteiger partial charge in [-0.25, -0.2) is 0 Å². The van der Waals surface area contributed by atoms with Crippen LogP contribution in [0.3, 0.4) is 0 Å². The lowest BCUT2D eigenvalue weighted by Crippen LogP contribution is -2.47. The molecule has 3 heteroatoms. The molecule has 1 atom stereocenters. The Labute approximate surface area is 139 Å². The number of pyridine rings is 1.